The smallest absolute Gasteiger partial charge is 0.121 e. The van der Waals surface area contributed by atoms with E-state index in [1.54, 1.807) is 12.1 Å². The number of halogens is 1. The van der Waals surface area contributed by atoms with Crippen LogP contribution in [0.4, 0.5) is 4.39 Å². The minimum absolute atomic E-state index is 0.0894. The number of benzene rings is 1. The second-order valence-electron chi connectivity index (χ2n) is 2.91. The summed E-state index contributed by atoms with van der Waals surface area (Å²) in [5, 5.41) is 18.1. The second-order valence-corrected chi connectivity index (χ2v) is 2.91. The fourth-order valence-electron chi connectivity index (χ4n) is 1.19. The Kier molecular flexibility index (Phi) is 3.71. The predicted molar refractivity (Wildman–Crippen MR) is 48.3 cm³/mol. The molecule has 0 bridgehead atoms. The van der Waals surface area contributed by atoms with E-state index in [2.05, 4.69) is 0 Å². The van der Waals surface area contributed by atoms with Crippen LogP contribution in [0, 0.1) is 0 Å². The molecular formula is C10H13FO2. The van der Waals surface area contributed by atoms with E-state index in [-0.39, 0.29) is 19.0 Å². The maximum Gasteiger partial charge on any atom is 0.121 e. The van der Waals surface area contributed by atoms with Crippen LogP contribution < -0.4 is 0 Å². The Balaban J connectivity index is 2.74. The van der Waals surface area contributed by atoms with Gasteiger partial charge in [0.25, 0.3) is 0 Å². The molecule has 0 saturated heterocycles. The van der Waals surface area contributed by atoms with Crippen LogP contribution in [0.15, 0.2) is 18.2 Å². The molecule has 3 heteroatoms. The lowest BCUT2D eigenvalue weighted by Crippen LogP contribution is -1.90. The molecule has 0 aliphatic heterocycles. The summed E-state index contributed by atoms with van der Waals surface area (Å²) < 4.78 is 11.8. The highest BCUT2D eigenvalue weighted by atomic mass is 19.1. The van der Waals surface area contributed by atoms with Gasteiger partial charge in [-0.1, -0.05) is 6.07 Å². The van der Waals surface area contributed by atoms with Crippen LogP contribution in [0.25, 0.3) is 0 Å². The summed E-state index contributed by atoms with van der Waals surface area (Å²) in [6.45, 7) is -0.523. The Morgan fingerprint density at radius 2 is 2.08 bits per heavy atom. The Hall–Kier alpha value is -1.09. The first kappa shape index (κ1) is 9.99. The first-order chi connectivity index (χ1) is 6.27. The van der Waals surface area contributed by atoms with E-state index in [4.69, 9.17) is 5.11 Å². The number of aliphatic hydroxyl groups excluding tert-OH is 1. The Morgan fingerprint density at radius 3 is 2.69 bits per heavy atom. The van der Waals surface area contributed by atoms with E-state index < -0.39 is 0 Å². The molecule has 72 valence electrons. The van der Waals surface area contributed by atoms with Gasteiger partial charge in [0.05, 0.1) is 13.3 Å². The monoisotopic (exact) mass is 184 g/mol. The van der Waals surface area contributed by atoms with Gasteiger partial charge >= 0.3 is 0 Å². The maximum absolute atomic E-state index is 11.8. The SMILES string of the molecule is OCc1cc(CCCF)ccc1O. The highest BCUT2D eigenvalue weighted by Crippen LogP contribution is 2.19. The van der Waals surface area contributed by atoms with Gasteiger partial charge in [-0.05, 0) is 30.5 Å². The Morgan fingerprint density at radius 1 is 1.31 bits per heavy atom. The first-order valence-corrected chi connectivity index (χ1v) is 4.25. The quantitative estimate of drug-likeness (QED) is 0.748. The van der Waals surface area contributed by atoms with E-state index in [9.17, 15) is 9.50 Å². The minimum Gasteiger partial charge on any atom is -0.508 e. The van der Waals surface area contributed by atoms with Crippen LogP contribution >= 0.6 is 0 Å². The molecule has 0 unspecified atom stereocenters. The van der Waals surface area contributed by atoms with Crippen molar-refractivity contribution in [3.8, 4) is 5.75 Å². The zero-order valence-corrected chi connectivity index (χ0v) is 7.33. The third-order valence-corrected chi connectivity index (χ3v) is 1.91. The van der Waals surface area contributed by atoms with Gasteiger partial charge in [-0.2, -0.15) is 0 Å². The van der Waals surface area contributed by atoms with Crippen molar-refractivity contribution in [3.63, 3.8) is 0 Å². The molecule has 0 amide bonds. The Bertz CT molecular complexity index is 274. The van der Waals surface area contributed by atoms with Gasteiger partial charge in [0, 0.05) is 5.56 Å². The molecule has 0 atom stereocenters. The molecule has 0 aliphatic carbocycles. The lowest BCUT2D eigenvalue weighted by Gasteiger charge is -2.04. The lowest BCUT2D eigenvalue weighted by atomic mass is 10.1. The standard InChI is InChI=1S/C10H13FO2/c11-5-1-2-8-3-4-10(13)9(6-8)7-12/h3-4,6,12-13H,1-2,5,7H2. The van der Waals surface area contributed by atoms with Gasteiger partial charge in [-0.15, -0.1) is 0 Å². The molecule has 0 heterocycles. The molecular weight excluding hydrogens is 171 g/mol. The fourth-order valence-corrected chi connectivity index (χ4v) is 1.19. The molecule has 0 aromatic heterocycles. The zero-order chi connectivity index (χ0) is 9.68. The van der Waals surface area contributed by atoms with Gasteiger partial charge in [0.15, 0.2) is 0 Å². The number of aromatic hydroxyl groups is 1. The number of aliphatic hydroxyl groups is 1. The summed E-state index contributed by atoms with van der Waals surface area (Å²) in [7, 11) is 0. The van der Waals surface area contributed by atoms with Crippen LogP contribution in [-0.4, -0.2) is 16.9 Å². The number of hydrogen-bond donors (Lipinski definition) is 2. The van der Waals surface area contributed by atoms with Crippen LogP contribution in [-0.2, 0) is 13.0 Å². The predicted octanol–water partition coefficient (Wildman–Crippen LogP) is 1.79. The summed E-state index contributed by atoms with van der Waals surface area (Å²) in [6.07, 6.45) is 1.12. The molecule has 2 N–H and O–H groups in total. The molecule has 1 aromatic carbocycles. The number of hydrogen-bond acceptors (Lipinski definition) is 2. The van der Waals surface area contributed by atoms with Gasteiger partial charge in [-0.25, -0.2) is 0 Å². The van der Waals surface area contributed by atoms with E-state index in [0.29, 0.717) is 18.4 Å². The molecule has 13 heavy (non-hydrogen) atoms. The van der Waals surface area contributed by atoms with Crippen LogP contribution in [0.3, 0.4) is 0 Å². The fraction of sp³-hybridized carbons (Fsp3) is 0.400. The molecule has 1 aromatic rings. The van der Waals surface area contributed by atoms with Crippen molar-refractivity contribution in [1.82, 2.24) is 0 Å². The summed E-state index contributed by atoms with van der Waals surface area (Å²) in [4.78, 5) is 0. The van der Waals surface area contributed by atoms with Crippen molar-refractivity contribution < 1.29 is 14.6 Å². The highest BCUT2D eigenvalue weighted by Gasteiger charge is 2.01. The van der Waals surface area contributed by atoms with Crippen molar-refractivity contribution in [1.29, 1.82) is 0 Å². The van der Waals surface area contributed by atoms with Crippen molar-refractivity contribution in [3.05, 3.63) is 29.3 Å². The van der Waals surface area contributed by atoms with E-state index >= 15 is 0 Å². The zero-order valence-electron chi connectivity index (χ0n) is 7.33. The van der Waals surface area contributed by atoms with Gasteiger partial charge in [-0.3, -0.25) is 4.39 Å². The van der Waals surface area contributed by atoms with E-state index in [1.807, 2.05) is 0 Å². The van der Waals surface area contributed by atoms with E-state index in [0.717, 1.165) is 5.56 Å². The van der Waals surface area contributed by atoms with Crippen molar-refractivity contribution in [2.45, 2.75) is 19.4 Å². The molecule has 2 nitrogen and oxygen atoms in total. The topological polar surface area (TPSA) is 40.5 Å². The maximum atomic E-state index is 11.8. The third kappa shape index (κ3) is 2.70. The molecule has 0 fully saturated rings. The van der Waals surface area contributed by atoms with Crippen LogP contribution in [0.5, 0.6) is 5.75 Å². The summed E-state index contributed by atoms with van der Waals surface area (Å²) in [5.41, 5.74) is 1.44. The van der Waals surface area contributed by atoms with Crippen molar-refractivity contribution in [2.24, 2.45) is 0 Å². The molecule has 0 spiro atoms. The minimum atomic E-state index is -0.338. The van der Waals surface area contributed by atoms with E-state index in [1.165, 1.54) is 6.07 Å². The highest BCUT2D eigenvalue weighted by molar-refractivity contribution is 5.35. The number of alkyl halides is 1. The third-order valence-electron chi connectivity index (χ3n) is 1.91. The second kappa shape index (κ2) is 4.82. The number of rotatable bonds is 4. The number of aryl methyl sites for hydroxylation is 1. The van der Waals surface area contributed by atoms with Gasteiger partial charge < -0.3 is 10.2 Å². The van der Waals surface area contributed by atoms with Crippen molar-refractivity contribution in [2.75, 3.05) is 6.67 Å². The summed E-state index contributed by atoms with van der Waals surface area (Å²) in [6, 6.07) is 4.97. The van der Waals surface area contributed by atoms with Crippen molar-refractivity contribution >= 4 is 0 Å². The first-order valence-electron chi connectivity index (χ1n) is 4.25. The molecule has 0 radical (unpaired) electrons. The Labute approximate surface area is 76.6 Å². The van der Waals surface area contributed by atoms with Gasteiger partial charge in [0.1, 0.15) is 5.75 Å². The average molecular weight is 184 g/mol. The molecule has 0 aliphatic rings. The van der Waals surface area contributed by atoms with Crippen LogP contribution in [0.1, 0.15) is 17.5 Å². The van der Waals surface area contributed by atoms with Crippen LogP contribution in [0.2, 0.25) is 0 Å². The largest absolute Gasteiger partial charge is 0.508 e. The molecule has 0 saturated carbocycles. The van der Waals surface area contributed by atoms with Gasteiger partial charge in [0.2, 0.25) is 0 Å². The summed E-state index contributed by atoms with van der Waals surface area (Å²) >= 11 is 0. The lowest BCUT2D eigenvalue weighted by molar-refractivity contribution is 0.275. The number of phenols is 1. The normalized spacial score (nSPS) is 10.3. The summed E-state index contributed by atoms with van der Waals surface area (Å²) in [5.74, 6) is 0.0894. The molecule has 1 rings (SSSR count). The average Bonchev–Trinajstić information content (AvgIpc) is 2.16.